The second kappa shape index (κ2) is 13.0. The number of carbonyl (C=O) groups is 1. The van der Waals surface area contributed by atoms with Gasteiger partial charge in [0.15, 0.2) is 9.84 Å². The Hall–Kier alpha value is -3.88. The van der Waals surface area contributed by atoms with E-state index in [2.05, 4.69) is 15.4 Å². The average Bonchev–Trinajstić information content (AvgIpc) is 2.89. The summed E-state index contributed by atoms with van der Waals surface area (Å²) in [6, 6.07) is 19.8. The number of amides is 1. The molecule has 2 atom stereocenters. The summed E-state index contributed by atoms with van der Waals surface area (Å²) in [6.45, 7) is 3.75. The van der Waals surface area contributed by atoms with Crippen LogP contribution in [-0.4, -0.2) is 39.5 Å². The lowest BCUT2D eigenvalue weighted by molar-refractivity contribution is -0.274. The van der Waals surface area contributed by atoms with Crippen LogP contribution in [0.3, 0.4) is 0 Å². The van der Waals surface area contributed by atoms with Crippen LogP contribution in [0.1, 0.15) is 37.4 Å². The Morgan fingerprint density at radius 1 is 0.925 bits per heavy atom. The van der Waals surface area contributed by atoms with Gasteiger partial charge < -0.3 is 10.1 Å². The van der Waals surface area contributed by atoms with Gasteiger partial charge in [-0.25, -0.2) is 8.42 Å². The SMILES string of the molecule is CC(C)C[C@H](NC(c1ccc(OC(F)(F)F)cc1)c1ccc(-c2ccc(S(C)(=O)=O)cc2)cc1)C(=O)NCC#N. The highest BCUT2D eigenvalue weighted by molar-refractivity contribution is 7.90. The van der Waals surface area contributed by atoms with Crippen LogP contribution in [0.4, 0.5) is 13.2 Å². The summed E-state index contributed by atoms with van der Waals surface area (Å²) in [5.41, 5.74) is 2.96. The zero-order chi connectivity index (χ0) is 29.5. The first-order chi connectivity index (χ1) is 18.8. The lowest BCUT2D eigenvalue weighted by Gasteiger charge is -2.27. The predicted molar refractivity (Wildman–Crippen MR) is 145 cm³/mol. The molecule has 3 aromatic rings. The van der Waals surface area contributed by atoms with E-state index >= 15 is 0 Å². The first-order valence-electron chi connectivity index (χ1n) is 12.4. The third-order valence-electron chi connectivity index (χ3n) is 6.04. The number of carbonyl (C=O) groups excluding carboxylic acids is 1. The quantitative estimate of drug-likeness (QED) is 0.298. The van der Waals surface area contributed by atoms with Crippen LogP contribution in [0.2, 0.25) is 0 Å². The number of nitriles is 1. The van der Waals surface area contributed by atoms with Crippen LogP contribution in [0.15, 0.2) is 77.7 Å². The van der Waals surface area contributed by atoms with Gasteiger partial charge in [0.2, 0.25) is 5.91 Å². The number of ether oxygens (including phenoxy) is 1. The number of rotatable bonds is 11. The van der Waals surface area contributed by atoms with E-state index in [-0.39, 0.29) is 29.0 Å². The van der Waals surface area contributed by atoms with Gasteiger partial charge in [-0.2, -0.15) is 5.26 Å². The minimum absolute atomic E-state index is 0.130. The molecule has 3 rings (SSSR count). The molecule has 0 aliphatic heterocycles. The van der Waals surface area contributed by atoms with Gasteiger partial charge in [-0.15, -0.1) is 13.2 Å². The number of hydrogen-bond acceptors (Lipinski definition) is 6. The van der Waals surface area contributed by atoms with Gasteiger partial charge in [0.05, 0.1) is 23.0 Å². The molecule has 0 aliphatic rings. The maximum Gasteiger partial charge on any atom is 0.573 e. The molecule has 0 saturated carbocycles. The molecule has 1 unspecified atom stereocenters. The smallest absolute Gasteiger partial charge is 0.406 e. The molecule has 40 heavy (non-hydrogen) atoms. The van der Waals surface area contributed by atoms with Crippen LogP contribution >= 0.6 is 0 Å². The number of benzene rings is 3. The van der Waals surface area contributed by atoms with Gasteiger partial charge in [-0.05, 0) is 58.9 Å². The topological polar surface area (TPSA) is 108 Å². The second-order valence-electron chi connectivity index (χ2n) is 9.69. The summed E-state index contributed by atoms with van der Waals surface area (Å²) in [6.07, 6.45) is -3.23. The van der Waals surface area contributed by atoms with E-state index in [1.807, 2.05) is 44.2 Å². The molecule has 0 heterocycles. The minimum atomic E-state index is -4.82. The van der Waals surface area contributed by atoms with Gasteiger partial charge in [0.25, 0.3) is 0 Å². The lowest BCUT2D eigenvalue weighted by Crippen LogP contribution is -2.46. The number of nitrogens with zero attached hydrogens (tertiary/aromatic N) is 1. The average molecular weight is 574 g/mol. The first kappa shape index (κ1) is 30.7. The highest BCUT2D eigenvalue weighted by atomic mass is 32.2. The van der Waals surface area contributed by atoms with E-state index < -0.39 is 28.3 Å². The van der Waals surface area contributed by atoms with Crippen molar-refractivity contribution < 1.29 is 31.1 Å². The molecule has 0 radical (unpaired) electrons. The number of alkyl halides is 3. The maximum absolute atomic E-state index is 12.9. The van der Waals surface area contributed by atoms with Crippen molar-refractivity contribution in [3.05, 3.63) is 83.9 Å². The molecule has 0 saturated heterocycles. The van der Waals surface area contributed by atoms with E-state index in [1.54, 1.807) is 12.1 Å². The molecule has 0 aromatic heterocycles. The third-order valence-corrected chi connectivity index (χ3v) is 7.17. The molecule has 0 spiro atoms. The van der Waals surface area contributed by atoms with Gasteiger partial charge in [-0.1, -0.05) is 62.4 Å². The van der Waals surface area contributed by atoms with Crippen LogP contribution in [-0.2, 0) is 14.6 Å². The highest BCUT2D eigenvalue weighted by Gasteiger charge is 2.31. The summed E-state index contributed by atoms with van der Waals surface area (Å²) < 4.78 is 65.6. The predicted octanol–water partition coefficient (Wildman–Crippen LogP) is 5.39. The zero-order valence-electron chi connectivity index (χ0n) is 22.2. The summed E-state index contributed by atoms with van der Waals surface area (Å²) in [4.78, 5) is 13.1. The molecule has 212 valence electrons. The van der Waals surface area contributed by atoms with Crippen molar-refractivity contribution in [2.75, 3.05) is 12.8 Å². The van der Waals surface area contributed by atoms with Crippen LogP contribution in [0.25, 0.3) is 11.1 Å². The molecule has 0 aliphatic carbocycles. The Balaban J connectivity index is 1.97. The Bertz CT molecular complexity index is 1430. The minimum Gasteiger partial charge on any atom is -0.406 e. The Kier molecular flexibility index (Phi) is 9.95. The standard InChI is InChI=1S/C29H30F3N3O4S/c1-19(2)18-26(28(36)34-17-16-33)35-27(23-8-12-24(13-9-23)39-29(30,31)32)22-6-4-20(5-7-22)21-10-14-25(15-11-21)40(3,37)38/h4-15,19,26-27,35H,17-18H2,1-3H3,(H,34,36)/t26-,27?/m0/s1. The van der Waals surface area contributed by atoms with Gasteiger partial charge in [0.1, 0.15) is 12.3 Å². The Morgan fingerprint density at radius 2 is 1.43 bits per heavy atom. The maximum atomic E-state index is 12.9. The molecule has 0 fully saturated rings. The second-order valence-corrected chi connectivity index (χ2v) is 11.7. The van der Waals surface area contributed by atoms with Crippen LogP contribution < -0.4 is 15.4 Å². The molecule has 2 N–H and O–H groups in total. The monoisotopic (exact) mass is 573 g/mol. The molecular formula is C29H30F3N3O4S. The molecule has 3 aromatic carbocycles. The van der Waals surface area contributed by atoms with E-state index in [4.69, 9.17) is 5.26 Å². The fraction of sp³-hybridized carbons (Fsp3) is 0.310. The largest absolute Gasteiger partial charge is 0.573 e. The normalized spacial score (nSPS) is 13.3. The van der Waals surface area contributed by atoms with Crippen molar-refractivity contribution in [1.29, 1.82) is 5.26 Å². The third kappa shape index (κ3) is 8.83. The molecular weight excluding hydrogens is 543 g/mol. The summed E-state index contributed by atoms with van der Waals surface area (Å²) in [5, 5.41) is 14.8. The van der Waals surface area contributed by atoms with E-state index in [9.17, 15) is 26.4 Å². The highest BCUT2D eigenvalue weighted by Crippen LogP contribution is 2.30. The zero-order valence-corrected chi connectivity index (χ0v) is 23.0. The summed E-state index contributed by atoms with van der Waals surface area (Å²) in [5.74, 6) is -0.598. The number of hydrogen-bond donors (Lipinski definition) is 2. The Labute approximate surface area is 231 Å². The molecule has 0 bridgehead atoms. The number of nitrogens with one attached hydrogen (secondary N) is 2. The van der Waals surface area contributed by atoms with Crippen molar-refractivity contribution >= 4 is 15.7 Å². The van der Waals surface area contributed by atoms with Crippen LogP contribution in [0, 0.1) is 17.2 Å². The van der Waals surface area contributed by atoms with Crippen molar-refractivity contribution in [1.82, 2.24) is 10.6 Å². The fourth-order valence-corrected chi connectivity index (χ4v) is 4.81. The summed E-state index contributed by atoms with van der Waals surface area (Å²) in [7, 11) is -3.33. The lowest BCUT2D eigenvalue weighted by atomic mass is 9.94. The molecule has 1 amide bonds. The van der Waals surface area contributed by atoms with Crippen molar-refractivity contribution in [2.45, 2.75) is 43.6 Å². The van der Waals surface area contributed by atoms with E-state index in [0.29, 0.717) is 12.0 Å². The summed E-state index contributed by atoms with van der Waals surface area (Å²) >= 11 is 0. The number of halogens is 3. The van der Waals surface area contributed by atoms with Crippen molar-refractivity contribution in [3.63, 3.8) is 0 Å². The first-order valence-corrected chi connectivity index (χ1v) is 14.3. The van der Waals surface area contributed by atoms with Crippen LogP contribution in [0.5, 0.6) is 5.75 Å². The fourth-order valence-electron chi connectivity index (χ4n) is 4.18. The van der Waals surface area contributed by atoms with E-state index in [1.165, 1.54) is 36.4 Å². The van der Waals surface area contributed by atoms with Gasteiger partial charge in [-0.3, -0.25) is 10.1 Å². The molecule has 7 nitrogen and oxygen atoms in total. The van der Waals surface area contributed by atoms with Gasteiger partial charge in [0, 0.05) is 6.26 Å². The molecule has 11 heteroatoms. The van der Waals surface area contributed by atoms with Gasteiger partial charge >= 0.3 is 6.36 Å². The van der Waals surface area contributed by atoms with Crippen molar-refractivity contribution in [2.24, 2.45) is 5.92 Å². The number of sulfone groups is 1. The van der Waals surface area contributed by atoms with Crippen molar-refractivity contribution in [3.8, 4) is 22.9 Å². The Morgan fingerprint density at radius 3 is 1.88 bits per heavy atom. The van der Waals surface area contributed by atoms with E-state index in [0.717, 1.165) is 22.9 Å².